The molecule has 3 N–H and O–H groups in total. The van der Waals surface area contributed by atoms with Gasteiger partial charge in [-0.3, -0.25) is 0 Å². The number of nitrogens with two attached hydrogens (primary N) is 1. The minimum atomic E-state index is -3.87. The molecule has 19 heavy (non-hydrogen) atoms. The molecule has 0 spiro atoms. The van der Waals surface area contributed by atoms with E-state index < -0.39 is 10.0 Å². The first-order valence-electron chi connectivity index (χ1n) is 5.39. The van der Waals surface area contributed by atoms with Crippen molar-refractivity contribution in [2.24, 2.45) is 5.14 Å². The summed E-state index contributed by atoms with van der Waals surface area (Å²) in [5.74, 6) is -0.228. The highest BCUT2D eigenvalue weighted by molar-refractivity contribution is 7.89. The van der Waals surface area contributed by atoms with Gasteiger partial charge in [0.2, 0.25) is 10.0 Å². The second-order valence-electron chi connectivity index (χ2n) is 3.98. The van der Waals surface area contributed by atoms with Crippen LogP contribution < -0.4 is 10.5 Å². The van der Waals surface area contributed by atoms with Gasteiger partial charge >= 0.3 is 0 Å². The lowest BCUT2D eigenvalue weighted by atomic mass is 10.2. The summed E-state index contributed by atoms with van der Waals surface area (Å²) < 4.78 is 36.0. The summed E-state index contributed by atoms with van der Waals surface area (Å²) in [5.41, 5.74) is 0.973. The van der Waals surface area contributed by atoms with E-state index >= 15 is 0 Å². The third kappa shape index (κ3) is 3.07. The van der Waals surface area contributed by atoms with Gasteiger partial charge in [-0.05, 0) is 42.8 Å². The van der Waals surface area contributed by atoms with Crippen LogP contribution in [0.1, 0.15) is 5.56 Å². The zero-order valence-corrected chi connectivity index (χ0v) is 10.9. The van der Waals surface area contributed by atoms with E-state index in [1.165, 1.54) is 30.5 Å². The number of halogens is 1. The molecule has 0 bridgehead atoms. The number of nitrogens with zero attached hydrogens (tertiary/aromatic N) is 1. The Morgan fingerprint density at radius 3 is 2.68 bits per heavy atom. The predicted molar refractivity (Wildman–Crippen MR) is 70.0 cm³/mol. The van der Waals surface area contributed by atoms with Crippen molar-refractivity contribution in [3.63, 3.8) is 0 Å². The number of hydrogen-bond donors (Lipinski definition) is 2. The van der Waals surface area contributed by atoms with Gasteiger partial charge in [-0.15, -0.1) is 0 Å². The molecule has 0 aliphatic carbocycles. The van der Waals surface area contributed by atoms with Gasteiger partial charge in [-0.1, -0.05) is 0 Å². The number of anilines is 2. The zero-order valence-electron chi connectivity index (χ0n) is 10.1. The van der Waals surface area contributed by atoms with Crippen LogP contribution in [0.2, 0.25) is 0 Å². The Morgan fingerprint density at radius 1 is 1.32 bits per heavy atom. The molecule has 0 saturated heterocycles. The van der Waals surface area contributed by atoms with Crippen LogP contribution in [0.5, 0.6) is 0 Å². The average molecular weight is 281 g/mol. The van der Waals surface area contributed by atoms with E-state index in [-0.39, 0.29) is 16.5 Å². The molecule has 0 saturated carbocycles. The van der Waals surface area contributed by atoms with Gasteiger partial charge < -0.3 is 5.32 Å². The summed E-state index contributed by atoms with van der Waals surface area (Å²) in [7, 11) is -3.87. The van der Waals surface area contributed by atoms with Crippen molar-refractivity contribution in [3.05, 3.63) is 47.9 Å². The van der Waals surface area contributed by atoms with Gasteiger partial charge in [0.05, 0.1) is 0 Å². The van der Waals surface area contributed by atoms with Crippen LogP contribution in [0.4, 0.5) is 15.9 Å². The Kier molecular flexibility index (Phi) is 3.50. The molecule has 0 atom stereocenters. The first kappa shape index (κ1) is 13.4. The molecule has 0 radical (unpaired) electrons. The number of rotatable bonds is 3. The highest BCUT2D eigenvalue weighted by Crippen LogP contribution is 2.22. The third-order valence-electron chi connectivity index (χ3n) is 2.50. The quantitative estimate of drug-likeness (QED) is 0.900. The van der Waals surface area contributed by atoms with Crippen LogP contribution in [0.3, 0.4) is 0 Å². The predicted octanol–water partition coefficient (Wildman–Crippen LogP) is 1.92. The van der Waals surface area contributed by atoms with Crippen molar-refractivity contribution in [1.29, 1.82) is 0 Å². The molecule has 100 valence electrons. The summed E-state index contributed by atoms with van der Waals surface area (Å²) in [5, 5.41) is 7.91. The smallest absolute Gasteiger partial charge is 0.241 e. The van der Waals surface area contributed by atoms with Crippen molar-refractivity contribution >= 4 is 21.5 Å². The monoisotopic (exact) mass is 281 g/mol. The maximum absolute atomic E-state index is 13.1. The van der Waals surface area contributed by atoms with E-state index in [4.69, 9.17) is 5.14 Å². The van der Waals surface area contributed by atoms with Crippen LogP contribution >= 0.6 is 0 Å². The maximum atomic E-state index is 13.1. The van der Waals surface area contributed by atoms with Crippen molar-refractivity contribution < 1.29 is 12.8 Å². The number of nitrogens with one attached hydrogen (secondary N) is 1. The van der Waals surface area contributed by atoms with Crippen molar-refractivity contribution in [2.75, 3.05) is 5.32 Å². The molecule has 0 aliphatic rings. The maximum Gasteiger partial charge on any atom is 0.241 e. The molecule has 2 aromatic rings. The second kappa shape index (κ2) is 4.94. The van der Waals surface area contributed by atoms with Gasteiger partial charge in [0, 0.05) is 11.9 Å². The molecule has 1 aromatic heterocycles. The Hall–Kier alpha value is -1.99. The number of sulfonamides is 1. The molecular formula is C12H12FN3O2S. The van der Waals surface area contributed by atoms with Gasteiger partial charge in [-0.25, -0.2) is 22.9 Å². The second-order valence-corrected chi connectivity index (χ2v) is 5.51. The first-order chi connectivity index (χ1) is 8.88. The van der Waals surface area contributed by atoms with E-state index in [1.54, 1.807) is 13.0 Å². The van der Waals surface area contributed by atoms with E-state index in [0.29, 0.717) is 11.3 Å². The van der Waals surface area contributed by atoms with Gasteiger partial charge in [0.1, 0.15) is 10.7 Å². The molecule has 7 heteroatoms. The lowest BCUT2D eigenvalue weighted by Crippen LogP contribution is -2.14. The number of aryl methyl sites for hydroxylation is 1. The van der Waals surface area contributed by atoms with Crippen LogP contribution in [0.15, 0.2) is 41.4 Å². The Morgan fingerprint density at radius 2 is 2.05 bits per heavy atom. The van der Waals surface area contributed by atoms with Crippen LogP contribution in [0, 0.1) is 12.7 Å². The first-order valence-corrected chi connectivity index (χ1v) is 6.93. The van der Waals surface area contributed by atoms with Gasteiger partial charge in [0.15, 0.2) is 5.82 Å². The van der Waals surface area contributed by atoms with E-state index in [1.807, 2.05) is 0 Å². The number of pyridine rings is 1. The van der Waals surface area contributed by atoms with Gasteiger partial charge in [0.25, 0.3) is 0 Å². The highest BCUT2D eigenvalue weighted by Gasteiger charge is 2.14. The molecule has 0 fully saturated rings. The summed E-state index contributed by atoms with van der Waals surface area (Å²) in [6.07, 6.45) is 1.44. The fourth-order valence-electron chi connectivity index (χ4n) is 1.57. The zero-order chi connectivity index (χ0) is 14.0. The fraction of sp³-hybridized carbons (Fsp3) is 0.0833. The van der Waals surface area contributed by atoms with Crippen molar-refractivity contribution in [3.8, 4) is 0 Å². The third-order valence-corrected chi connectivity index (χ3v) is 3.44. The normalized spacial score (nSPS) is 11.3. The number of benzene rings is 1. The molecule has 0 unspecified atom stereocenters. The van der Waals surface area contributed by atoms with Crippen molar-refractivity contribution in [2.45, 2.75) is 11.8 Å². The summed E-state index contributed by atoms with van der Waals surface area (Å²) >= 11 is 0. The number of primary sulfonamides is 1. The lowest BCUT2D eigenvalue weighted by Gasteiger charge is -2.10. The molecule has 0 amide bonds. The SMILES string of the molecule is Cc1cc(Nc2ncccc2S(N)(=O)=O)ccc1F. The Bertz CT molecular complexity index is 717. The molecule has 1 heterocycles. The Balaban J connectivity index is 2.41. The summed E-state index contributed by atoms with van der Waals surface area (Å²) in [6, 6.07) is 7.15. The van der Waals surface area contributed by atoms with E-state index in [2.05, 4.69) is 10.3 Å². The van der Waals surface area contributed by atoms with Gasteiger partial charge in [-0.2, -0.15) is 0 Å². The standard InChI is InChI=1S/C12H12FN3O2S/c1-8-7-9(4-5-10(8)13)16-12-11(19(14,17)18)3-2-6-15-12/h2-7H,1H3,(H,15,16)(H2,14,17,18). The highest BCUT2D eigenvalue weighted by atomic mass is 32.2. The Labute approximate surface area is 110 Å². The van der Waals surface area contributed by atoms with Crippen molar-refractivity contribution in [1.82, 2.24) is 4.98 Å². The molecule has 2 rings (SSSR count). The minimum absolute atomic E-state index is 0.107. The molecule has 1 aromatic carbocycles. The van der Waals surface area contributed by atoms with Crippen LogP contribution in [-0.2, 0) is 10.0 Å². The lowest BCUT2D eigenvalue weighted by molar-refractivity contribution is 0.597. The molecule has 0 aliphatic heterocycles. The number of hydrogen-bond acceptors (Lipinski definition) is 4. The minimum Gasteiger partial charge on any atom is -0.339 e. The largest absolute Gasteiger partial charge is 0.339 e. The average Bonchev–Trinajstić information content (AvgIpc) is 2.33. The fourth-order valence-corrected chi connectivity index (χ4v) is 2.21. The molecule has 5 nitrogen and oxygen atoms in total. The molecular weight excluding hydrogens is 269 g/mol. The topological polar surface area (TPSA) is 85.1 Å². The van der Waals surface area contributed by atoms with E-state index in [9.17, 15) is 12.8 Å². The van der Waals surface area contributed by atoms with Crippen LogP contribution in [-0.4, -0.2) is 13.4 Å². The van der Waals surface area contributed by atoms with Crippen LogP contribution in [0.25, 0.3) is 0 Å². The summed E-state index contributed by atoms with van der Waals surface area (Å²) in [4.78, 5) is 3.81. The van der Waals surface area contributed by atoms with E-state index in [0.717, 1.165) is 0 Å². The summed E-state index contributed by atoms with van der Waals surface area (Å²) in [6.45, 7) is 1.61. The number of aromatic nitrogens is 1.